The minimum Gasteiger partial charge on any atom is -0.350 e. The van der Waals surface area contributed by atoms with Crippen molar-refractivity contribution in [2.24, 2.45) is 0 Å². The van der Waals surface area contributed by atoms with E-state index in [1.807, 2.05) is 20.8 Å². The summed E-state index contributed by atoms with van der Waals surface area (Å²) in [5.41, 5.74) is 2.17. The molecule has 1 aromatic rings. The standard InChI is InChI=1S/C15H22N2O3S/c1-5-10(2)16-15(18)12-6-7-14-13(9-12)8-11(3)17(14)21(4,19)20/h6-7,9-11H,5,8H2,1-4H3,(H,16,18)/t10-,11+/m0/s1. The molecule has 0 aliphatic carbocycles. The van der Waals surface area contributed by atoms with Crippen LogP contribution in [0.15, 0.2) is 18.2 Å². The maximum atomic E-state index is 12.1. The molecule has 2 rings (SSSR count). The van der Waals surface area contributed by atoms with E-state index in [1.165, 1.54) is 10.6 Å². The van der Waals surface area contributed by atoms with Crippen molar-refractivity contribution in [3.8, 4) is 0 Å². The molecule has 2 atom stereocenters. The minimum atomic E-state index is -3.29. The van der Waals surface area contributed by atoms with Gasteiger partial charge >= 0.3 is 0 Å². The van der Waals surface area contributed by atoms with Crippen LogP contribution in [0.3, 0.4) is 0 Å². The molecule has 116 valence electrons. The maximum absolute atomic E-state index is 12.1. The van der Waals surface area contributed by atoms with E-state index >= 15 is 0 Å². The van der Waals surface area contributed by atoms with Gasteiger partial charge in [0.25, 0.3) is 5.91 Å². The number of amides is 1. The quantitative estimate of drug-likeness (QED) is 0.924. The number of nitrogens with zero attached hydrogens (tertiary/aromatic N) is 1. The average Bonchev–Trinajstić information content (AvgIpc) is 2.72. The van der Waals surface area contributed by atoms with Gasteiger partial charge in [-0.25, -0.2) is 8.42 Å². The number of benzene rings is 1. The fourth-order valence-electron chi connectivity index (χ4n) is 2.66. The number of anilines is 1. The molecule has 1 N–H and O–H groups in total. The van der Waals surface area contributed by atoms with Gasteiger partial charge in [-0.3, -0.25) is 9.10 Å². The van der Waals surface area contributed by atoms with Crippen molar-refractivity contribution in [1.82, 2.24) is 5.32 Å². The van der Waals surface area contributed by atoms with Gasteiger partial charge in [0.15, 0.2) is 0 Å². The predicted molar refractivity (Wildman–Crippen MR) is 84.2 cm³/mol. The topological polar surface area (TPSA) is 66.5 Å². The summed E-state index contributed by atoms with van der Waals surface area (Å²) in [7, 11) is -3.29. The molecule has 1 aromatic carbocycles. The molecule has 0 fully saturated rings. The van der Waals surface area contributed by atoms with Crippen LogP contribution in [0.25, 0.3) is 0 Å². The highest BCUT2D eigenvalue weighted by molar-refractivity contribution is 7.92. The van der Waals surface area contributed by atoms with Gasteiger partial charge in [-0.1, -0.05) is 6.92 Å². The summed E-state index contributed by atoms with van der Waals surface area (Å²) in [6.45, 7) is 5.85. The number of carbonyl (C=O) groups excluding carboxylic acids is 1. The number of hydrogen-bond donors (Lipinski definition) is 1. The van der Waals surface area contributed by atoms with Crippen LogP contribution in [0, 0.1) is 0 Å². The summed E-state index contributed by atoms with van der Waals surface area (Å²) in [5.74, 6) is -0.113. The molecule has 0 saturated carbocycles. The Bertz CT molecular complexity index is 655. The maximum Gasteiger partial charge on any atom is 0.251 e. The third-order valence-electron chi connectivity index (χ3n) is 3.84. The first-order valence-electron chi connectivity index (χ1n) is 7.17. The van der Waals surface area contributed by atoms with Gasteiger partial charge in [-0.15, -0.1) is 0 Å². The fraction of sp³-hybridized carbons (Fsp3) is 0.533. The smallest absolute Gasteiger partial charge is 0.251 e. The molecule has 0 bridgehead atoms. The highest BCUT2D eigenvalue weighted by atomic mass is 32.2. The lowest BCUT2D eigenvalue weighted by atomic mass is 10.1. The predicted octanol–water partition coefficient (Wildman–Crippen LogP) is 1.93. The number of fused-ring (bicyclic) bond motifs is 1. The zero-order chi connectivity index (χ0) is 15.8. The Hall–Kier alpha value is -1.56. The summed E-state index contributed by atoms with van der Waals surface area (Å²) in [5, 5.41) is 2.92. The summed E-state index contributed by atoms with van der Waals surface area (Å²) >= 11 is 0. The normalized spacial score (nSPS) is 19.2. The van der Waals surface area contributed by atoms with Crippen LogP contribution < -0.4 is 9.62 Å². The molecule has 6 heteroatoms. The van der Waals surface area contributed by atoms with Crippen LogP contribution in [0.2, 0.25) is 0 Å². The second kappa shape index (κ2) is 5.67. The minimum absolute atomic E-state index is 0.108. The van der Waals surface area contributed by atoms with E-state index in [1.54, 1.807) is 18.2 Å². The molecule has 0 aromatic heterocycles. The molecule has 1 aliphatic heterocycles. The van der Waals surface area contributed by atoms with E-state index in [4.69, 9.17) is 0 Å². The molecular formula is C15H22N2O3S. The van der Waals surface area contributed by atoms with Crippen LogP contribution in [0.4, 0.5) is 5.69 Å². The monoisotopic (exact) mass is 310 g/mol. The van der Waals surface area contributed by atoms with Crippen LogP contribution in [-0.4, -0.2) is 32.7 Å². The Morgan fingerprint density at radius 1 is 1.48 bits per heavy atom. The third kappa shape index (κ3) is 3.20. The molecule has 0 radical (unpaired) electrons. The first kappa shape index (κ1) is 15.8. The zero-order valence-electron chi connectivity index (χ0n) is 12.9. The fourth-order valence-corrected chi connectivity index (χ4v) is 3.92. The largest absolute Gasteiger partial charge is 0.350 e. The van der Waals surface area contributed by atoms with Crippen molar-refractivity contribution in [2.75, 3.05) is 10.6 Å². The van der Waals surface area contributed by atoms with Crippen LogP contribution in [-0.2, 0) is 16.4 Å². The zero-order valence-corrected chi connectivity index (χ0v) is 13.7. The van der Waals surface area contributed by atoms with Gasteiger partial charge in [0.2, 0.25) is 10.0 Å². The van der Waals surface area contributed by atoms with E-state index in [-0.39, 0.29) is 18.0 Å². The van der Waals surface area contributed by atoms with Crippen LogP contribution in [0.1, 0.15) is 43.1 Å². The Labute approximate surface area is 126 Å². The number of carbonyl (C=O) groups is 1. The summed E-state index contributed by atoms with van der Waals surface area (Å²) < 4.78 is 25.1. The molecule has 1 amide bonds. The van der Waals surface area contributed by atoms with E-state index in [2.05, 4.69) is 5.32 Å². The third-order valence-corrected chi connectivity index (χ3v) is 5.11. The van der Waals surface area contributed by atoms with Crippen molar-refractivity contribution in [3.63, 3.8) is 0 Å². The van der Waals surface area contributed by atoms with Gasteiger partial charge in [0.1, 0.15) is 0 Å². The van der Waals surface area contributed by atoms with Crippen LogP contribution in [0.5, 0.6) is 0 Å². The van der Waals surface area contributed by atoms with E-state index in [9.17, 15) is 13.2 Å². The van der Waals surface area contributed by atoms with E-state index < -0.39 is 10.0 Å². The lowest BCUT2D eigenvalue weighted by molar-refractivity contribution is 0.0939. The number of nitrogens with one attached hydrogen (secondary N) is 1. The molecule has 0 spiro atoms. The molecule has 0 saturated heterocycles. The van der Waals surface area contributed by atoms with Gasteiger partial charge in [0, 0.05) is 17.6 Å². The highest BCUT2D eigenvalue weighted by Crippen LogP contribution is 2.34. The molecule has 1 heterocycles. The number of hydrogen-bond acceptors (Lipinski definition) is 3. The van der Waals surface area contributed by atoms with Crippen molar-refractivity contribution in [1.29, 1.82) is 0 Å². The Balaban J connectivity index is 2.30. The van der Waals surface area contributed by atoms with Gasteiger partial charge < -0.3 is 5.32 Å². The van der Waals surface area contributed by atoms with E-state index in [0.29, 0.717) is 17.7 Å². The lowest BCUT2D eigenvalue weighted by Crippen LogP contribution is -2.34. The highest BCUT2D eigenvalue weighted by Gasteiger charge is 2.32. The Kier molecular flexibility index (Phi) is 4.27. The SMILES string of the molecule is CC[C@H](C)NC(=O)c1ccc2c(c1)C[C@@H](C)N2S(C)(=O)=O. The summed E-state index contributed by atoms with van der Waals surface area (Å²) in [6, 6.07) is 5.23. The van der Waals surface area contributed by atoms with Crippen molar-refractivity contribution < 1.29 is 13.2 Å². The first-order valence-corrected chi connectivity index (χ1v) is 9.02. The second-order valence-corrected chi connectivity index (χ2v) is 7.60. The van der Waals surface area contributed by atoms with Crippen molar-refractivity contribution >= 4 is 21.6 Å². The van der Waals surface area contributed by atoms with Crippen molar-refractivity contribution in [2.45, 2.75) is 45.7 Å². The average molecular weight is 310 g/mol. The van der Waals surface area contributed by atoms with Gasteiger partial charge in [0.05, 0.1) is 11.9 Å². The summed E-state index contributed by atoms with van der Waals surface area (Å²) in [4.78, 5) is 12.1. The van der Waals surface area contributed by atoms with Crippen molar-refractivity contribution in [3.05, 3.63) is 29.3 Å². The molecule has 5 nitrogen and oxygen atoms in total. The number of rotatable bonds is 4. The van der Waals surface area contributed by atoms with E-state index in [0.717, 1.165) is 12.0 Å². The molecular weight excluding hydrogens is 288 g/mol. The number of sulfonamides is 1. The lowest BCUT2D eigenvalue weighted by Gasteiger charge is -2.22. The molecule has 21 heavy (non-hydrogen) atoms. The Morgan fingerprint density at radius 3 is 2.71 bits per heavy atom. The second-order valence-electron chi connectivity index (χ2n) is 5.74. The van der Waals surface area contributed by atoms with Gasteiger partial charge in [-0.2, -0.15) is 0 Å². The summed E-state index contributed by atoms with van der Waals surface area (Å²) in [6.07, 6.45) is 2.71. The molecule has 1 aliphatic rings. The van der Waals surface area contributed by atoms with Gasteiger partial charge in [-0.05, 0) is 50.5 Å². The Morgan fingerprint density at radius 2 is 2.14 bits per heavy atom. The first-order chi connectivity index (χ1) is 9.74. The van der Waals surface area contributed by atoms with Crippen LogP contribution >= 0.6 is 0 Å². The molecule has 0 unspecified atom stereocenters.